The Kier molecular flexibility index (Phi) is 3.55. The van der Waals surface area contributed by atoms with Crippen molar-refractivity contribution in [2.45, 2.75) is 51.4 Å². The molecule has 1 N–H and O–H groups in total. The van der Waals surface area contributed by atoms with Gasteiger partial charge in [0.05, 0.1) is 0 Å². The molecule has 0 bridgehead atoms. The Labute approximate surface area is 142 Å². The molecule has 5 nitrogen and oxygen atoms in total. The van der Waals surface area contributed by atoms with E-state index in [-0.39, 0.29) is 11.2 Å². The van der Waals surface area contributed by atoms with Gasteiger partial charge in [-0.1, -0.05) is 13.0 Å². The second-order valence-corrected chi connectivity index (χ2v) is 8.73. The van der Waals surface area contributed by atoms with Crippen molar-refractivity contribution >= 4 is 16.2 Å². The molecule has 24 heavy (non-hydrogen) atoms. The summed E-state index contributed by atoms with van der Waals surface area (Å²) in [6, 6.07) is 5.28. The standard InChI is InChI=1S/C18H22O5S/c1-18-9-8-14-13-5-3-12(23-24(20,21)22)10-11(13)2-4-15(14)16(18)6-7-17(18)19/h3,5,10,14-16H,2,4,6-9H2,1H3,(H,20,21,22)/t14-,15-,16+,18+/m0/s1. The van der Waals surface area contributed by atoms with Crippen molar-refractivity contribution < 1.29 is 21.9 Å². The fourth-order valence-corrected chi connectivity index (χ4v) is 5.85. The maximum absolute atomic E-state index is 12.3. The van der Waals surface area contributed by atoms with Gasteiger partial charge in [0.25, 0.3) is 0 Å². The Morgan fingerprint density at radius 1 is 1.21 bits per heavy atom. The summed E-state index contributed by atoms with van der Waals surface area (Å²) < 4.78 is 35.2. The van der Waals surface area contributed by atoms with Crippen molar-refractivity contribution in [2.75, 3.05) is 0 Å². The van der Waals surface area contributed by atoms with E-state index in [4.69, 9.17) is 4.55 Å². The molecule has 0 amide bonds. The van der Waals surface area contributed by atoms with Crippen LogP contribution in [-0.4, -0.2) is 18.8 Å². The van der Waals surface area contributed by atoms with Gasteiger partial charge in [0.1, 0.15) is 11.5 Å². The number of benzene rings is 1. The molecule has 4 atom stereocenters. The van der Waals surface area contributed by atoms with Crippen LogP contribution in [0.1, 0.15) is 56.1 Å². The minimum Gasteiger partial charge on any atom is -0.362 e. The van der Waals surface area contributed by atoms with E-state index in [1.54, 1.807) is 12.1 Å². The van der Waals surface area contributed by atoms with Gasteiger partial charge in [-0.2, -0.15) is 8.42 Å². The lowest BCUT2D eigenvalue weighted by molar-refractivity contribution is -0.129. The van der Waals surface area contributed by atoms with Crippen LogP contribution in [0.4, 0.5) is 0 Å². The summed E-state index contributed by atoms with van der Waals surface area (Å²) in [5, 5.41) is 0. The van der Waals surface area contributed by atoms with Crippen molar-refractivity contribution in [1.29, 1.82) is 0 Å². The van der Waals surface area contributed by atoms with E-state index in [1.807, 2.05) is 6.07 Å². The molecule has 3 aliphatic rings. The van der Waals surface area contributed by atoms with E-state index < -0.39 is 10.4 Å². The van der Waals surface area contributed by atoms with Crippen LogP contribution in [0.2, 0.25) is 0 Å². The summed E-state index contributed by atoms with van der Waals surface area (Å²) in [5.41, 5.74) is 2.23. The van der Waals surface area contributed by atoms with Gasteiger partial charge in [-0.3, -0.25) is 9.35 Å². The van der Waals surface area contributed by atoms with E-state index in [0.29, 0.717) is 23.5 Å². The summed E-state index contributed by atoms with van der Waals surface area (Å²) in [6.45, 7) is 2.15. The first-order valence-electron chi connectivity index (χ1n) is 8.61. The zero-order chi connectivity index (χ0) is 17.1. The van der Waals surface area contributed by atoms with Crippen LogP contribution in [0.15, 0.2) is 18.2 Å². The summed E-state index contributed by atoms with van der Waals surface area (Å²) >= 11 is 0. The largest absolute Gasteiger partial charge is 0.446 e. The van der Waals surface area contributed by atoms with Gasteiger partial charge < -0.3 is 4.18 Å². The number of carbonyl (C=O) groups is 1. The predicted octanol–water partition coefficient (Wildman–Crippen LogP) is 3.29. The third kappa shape index (κ3) is 2.47. The number of Topliss-reactive ketones (excluding diaryl/α,β-unsaturated/α-hetero) is 1. The zero-order valence-corrected chi connectivity index (χ0v) is 14.5. The summed E-state index contributed by atoms with van der Waals surface area (Å²) in [6.07, 6.45) is 5.57. The second-order valence-electron chi connectivity index (χ2n) is 7.71. The highest BCUT2D eigenvalue weighted by molar-refractivity contribution is 7.81. The van der Waals surface area contributed by atoms with Gasteiger partial charge >= 0.3 is 10.4 Å². The summed E-state index contributed by atoms with van der Waals surface area (Å²) in [4.78, 5) is 12.3. The van der Waals surface area contributed by atoms with Crippen LogP contribution in [0.3, 0.4) is 0 Å². The third-order valence-electron chi connectivity index (χ3n) is 6.61. The fraction of sp³-hybridized carbons (Fsp3) is 0.611. The zero-order valence-electron chi connectivity index (χ0n) is 13.7. The van der Waals surface area contributed by atoms with Crippen molar-refractivity contribution in [3.05, 3.63) is 29.3 Å². The van der Waals surface area contributed by atoms with E-state index in [1.165, 1.54) is 5.56 Å². The number of aryl methyl sites for hydroxylation is 1. The van der Waals surface area contributed by atoms with Crippen LogP contribution in [0.25, 0.3) is 0 Å². The molecule has 0 aliphatic heterocycles. The highest BCUT2D eigenvalue weighted by Gasteiger charge is 2.54. The summed E-state index contributed by atoms with van der Waals surface area (Å²) in [7, 11) is -4.49. The van der Waals surface area contributed by atoms with Gasteiger partial charge in [-0.25, -0.2) is 0 Å². The number of fused-ring (bicyclic) bond motifs is 5. The molecule has 2 fully saturated rings. The Hall–Kier alpha value is -1.40. The molecule has 3 aliphatic carbocycles. The monoisotopic (exact) mass is 350 g/mol. The van der Waals surface area contributed by atoms with E-state index >= 15 is 0 Å². The topological polar surface area (TPSA) is 80.7 Å². The molecule has 2 saturated carbocycles. The van der Waals surface area contributed by atoms with Gasteiger partial charge in [-0.15, -0.1) is 0 Å². The molecule has 1 aromatic carbocycles. The van der Waals surface area contributed by atoms with Gasteiger partial charge in [0.2, 0.25) is 0 Å². The molecule has 0 spiro atoms. The molecular weight excluding hydrogens is 328 g/mol. The SMILES string of the molecule is C[C@@]12CC[C@H]3c4ccc(OS(=O)(=O)O)cc4CC[C@@H]3[C@H]1CCC2=O. The van der Waals surface area contributed by atoms with Crippen LogP contribution < -0.4 is 4.18 Å². The molecule has 4 rings (SSSR count). The molecule has 0 saturated heterocycles. The number of ketones is 1. The van der Waals surface area contributed by atoms with E-state index in [9.17, 15) is 13.2 Å². The molecule has 130 valence electrons. The Bertz CT molecular complexity index is 800. The molecule has 1 aromatic rings. The first kappa shape index (κ1) is 16.1. The van der Waals surface area contributed by atoms with E-state index in [0.717, 1.165) is 44.1 Å². The Balaban J connectivity index is 1.65. The van der Waals surface area contributed by atoms with Crippen molar-refractivity contribution in [3.8, 4) is 5.75 Å². The summed E-state index contributed by atoms with van der Waals surface area (Å²) in [5.74, 6) is 2.05. The molecule has 0 aromatic heterocycles. The number of hydrogen-bond acceptors (Lipinski definition) is 4. The van der Waals surface area contributed by atoms with Crippen LogP contribution in [0, 0.1) is 17.3 Å². The van der Waals surface area contributed by atoms with Crippen molar-refractivity contribution in [2.24, 2.45) is 17.3 Å². The van der Waals surface area contributed by atoms with Crippen molar-refractivity contribution in [1.82, 2.24) is 0 Å². The van der Waals surface area contributed by atoms with Crippen LogP contribution in [-0.2, 0) is 21.6 Å². The van der Waals surface area contributed by atoms with Gasteiger partial charge in [-0.05, 0) is 73.1 Å². The van der Waals surface area contributed by atoms with Crippen LogP contribution >= 0.6 is 0 Å². The maximum Gasteiger partial charge on any atom is 0.446 e. The normalized spacial score (nSPS) is 35.1. The van der Waals surface area contributed by atoms with Crippen LogP contribution in [0.5, 0.6) is 5.75 Å². The molecule has 0 radical (unpaired) electrons. The minimum atomic E-state index is -4.49. The van der Waals surface area contributed by atoms with Gasteiger partial charge in [0, 0.05) is 11.8 Å². The van der Waals surface area contributed by atoms with E-state index in [2.05, 4.69) is 11.1 Å². The lowest BCUT2D eigenvalue weighted by Crippen LogP contribution is -2.42. The fourth-order valence-electron chi connectivity index (χ4n) is 5.50. The smallest absolute Gasteiger partial charge is 0.362 e. The number of carbonyl (C=O) groups excluding carboxylic acids is 1. The average molecular weight is 350 g/mol. The molecule has 0 unspecified atom stereocenters. The number of rotatable bonds is 2. The highest BCUT2D eigenvalue weighted by atomic mass is 32.3. The molecule has 0 heterocycles. The lowest BCUT2D eigenvalue weighted by Gasteiger charge is -2.48. The second kappa shape index (κ2) is 5.30. The third-order valence-corrected chi connectivity index (χ3v) is 7.01. The van der Waals surface area contributed by atoms with Crippen molar-refractivity contribution in [3.63, 3.8) is 0 Å². The quantitative estimate of drug-likeness (QED) is 0.828. The predicted molar refractivity (Wildman–Crippen MR) is 88.2 cm³/mol. The maximum atomic E-state index is 12.3. The number of hydrogen-bond donors (Lipinski definition) is 1. The molecular formula is C18H22O5S. The first-order chi connectivity index (χ1) is 11.3. The Morgan fingerprint density at radius 2 is 2.00 bits per heavy atom. The first-order valence-corrected chi connectivity index (χ1v) is 9.97. The average Bonchev–Trinajstić information content (AvgIpc) is 2.81. The lowest BCUT2D eigenvalue weighted by atomic mass is 9.55. The molecule has 6 heteroatoms. The highest BCUT2D eigenvalue weighted by Crippen LogP contribution is 2.59. The Morgan fingerprint density at radius 3 is 2.75 bits per heavy atom. The van der Waals surface area contributed by atoms with Gasteiger partial charge in [0.15, 0.2) is 0 Å². The minimum absolute atomic E-state index is 0.132.